The molecular weight excluding hydrogens is 225 g/mol. The van der Waals surface area contributed by atoms with Gasteiger partial charge < -0.3 is 0 Å². The summed E-state index contributed by atoms with van der Waals surface area (Å²) in [4.78, 5) is 9.78. The molecule has 0 fully saturated rings. The minimum atomic E-state index is -4.62. The van der Waals surface area contributed by atoms with Crippen LogP contribution in [0.2, 0.25) is 0 Å². The van der Waals surface area contributed by atoms with E-state index in [9.17, 15) is 23.3 Å². The topological polar surface area (TPSA) is 46.4 Å². The van der Waals surface area contributed by atoms with E-state index in [1.807, 2.05) is 0 Å². The number of halogens is 3. The standard InChI is InChI=1S/C9H9F3N2O2/c1-2-13(9(10,11)12)7-5-3-4-6-8(7)14(15)16/h3-6H,2H2,1H3. The van der Waals surface area contributed by atoms with E-state index in [1.165, 1.54) is 19.1 Å². The van der Waals surface area contributed by atoms with Crippen LogP contribution in [0.4, 0.5) is 24.5 Å². The van der Waals surface area contributed by atoms with Crippen molar-refractivity contribution in [2.24, 2.45) is 0 Å². The second-order valence-corrected chi connectivity index (χ2v) is 2.96. The molecule has 1 aromatic rings. The van der Waals surface area contributed by atoms with Crippen LogP contribution in [0.3, 0.4) is 0 Å². The van der Waals surface area contributed by atoms with Gasteiger partial charge in [0.1, 0.15) is 5.69 Å². The summed E-state index contributed by atoms with van der Waals surface area (Å²) in [6, 6.07) is 4.78. The largest absolute Gasteiger partial charge is 0.485 e. The Morgan fingerprint density at radius 3 is 2.38 bits per heavy atom. The maximum Gasteiger partial charge on any atom is 0.485 e. The summed E-state index contributed by atoms with van der Waals surface area (Å²) in [6.07, 6.45) is -4.62. The van der Waals surface area contributed by atoms with E-state index in [0.717, 1.165) is 12.1 Å². The van der Waals surface area contributed by atoms with Gasteiger partial charge in [-0.05, 0) is 13.0 Å². The lowest BCUT2D eigenvalue weighted by Crippen LogP contribution is -2.38. The maximum absolute atomic E-state index is 12.6. The molecule has 0 heterocycles. The molecule has 0 radical (unpaired) electrons. The first-order valence-corrected chi connectivity index (χ1v) is 4.45. The van der Waals surface area contributed by atoms with Gasteiger partial charge in [0.15, 0.2) is 0 Å². The molecule has 0 bridgehead atoms. The van der Waals surface area contributed by atoms with E-state index in [1.54, 1.807) is 0 Å². The summed E-state index contributed by atoms with van der Waals surface area (Å²) < 4.78 is 37.7. The number of anilines is 1. The molecule has 4 nitrogen and oxygen atoms in total. The van der Waals surface area contributed by atoms with Crippen LogP contribution in [-0.4, -0.2) is 17.8 Å². The van der Waals surface area contributed by atoms with Crippen LogP contribution in [0.15, 0.2) is 24.3 Å². The molecule has 7 heteroatoms. The Hall–Kier alpha value is -1.79. The lowest BCUT2D eigenvalue weighted by Gasteiger charge is -2.24. The van der Waals surface area contributed by atoms with Crippen molar-refractivity contribution < 1.29 is 18.1 Å². The molecule has 88 valence electrons. The predicted molar refractivity (Wildman–Crippen MR) is 52.2 cm³/mol. The first-order valence-electron chi connectivity index (χ1n) is 4.45. The Morgan fingerprint density at radius 2 is 1.94 bits per heavy atom. The zero-order valence-corrected chi connectivity index (χ0v) is 8.36. The van der Waals surface area contributed by atoms with Crippen LogP contribution in [0.1, 0.15) is 6.92 Å². The summed E-state index contributed by atoms with van der Waals surface area (Å²) in [5, 5.41) is 10.6. The highest BCUT2D eigenvalue weighted by atomic mass is 19.4. The summed E-state index contributed by atoms with van der Waals surface area (Å²) >= 11 is 0. The molecule has 0 unspecified atom stereocenters. The zero-order chi connectivity index (χ0) is 12.3. The number of nitro benzene ring substituents is 1. The maximum atomic E-state index is 12.6. The van der Waals surface area contributed by atoms with Gasteiger partial charge in [-0.3, -0.25) is 15.0 Å². The molecule has 0 amide bonds. The van der Waals surface area contributed by atoms with Gasteiger partial charge in [0.05, 0.1) is 4.92 Å². The van der Waals surface area contributed by atoms with Crippen LogP contribution in [0, 0.1) is 10.1 Å². The first kappa shape index (κ1) is 12.3. The average molecular weight is 234 g/mol. The number of hydrogen-bond acceptors (Lipinski definition) is 3. The van der Waals surface area contributed by atoms with Crippen molar-refractivity contribution in [1.29, 1.82) is 0 Å². The van der Waals surface area contributed by atoms with Gasteiger partial charge >= 0.3 is 6.30 Å². The Morgan fingerprint density at radius 1 is 1.38 bits per heavy atom. The number of benzene rings is 1. The second-order valence-electron chi connectivity index (χ2n) is 2.96. The van der Waals surface area contributed by atoms with Gasteiger partial charge in [0.25, 0.3) is 5.69 Å². The zero-order valence-electron chi connectivity index (χ0n) is 8.36. The van der Waals surface area contributed by atoms with Gasteiger partial charge in [-0.15, -0.1) is 0 Å². The highest BCUT2D eigenvalue weighted by molar-refractivity contribution is 5.63. The number of nitro groups is 1. The van der Waals surface area contributed by atoms with Crippen LogP contribution in [-0.2, 0) is 0 Å². The highest BCUT2D eigenvalue weighted by Gasteiger charge is 2.39. The lowest BCUT2D eigenvalue weighted by molar-refractivity contribution is -0.384. The molecule has 1 rings (SSSR count). The fourth-order valence-electron chi connectivity index (χ4n) is 1.33. The summed E-state index contributed by atoms with van der Waals surface area (Å²) in [5.74, 6) is 0. The van der Waals surface area contributed by atoms with Gasteiger partial charge in [-0.1, -0.05) is 12.1 Å². The first-order chi connectivity index (χ1) is 7.38. The molecule has 0 saturated carbocycles. The third kappa shape index (κ3) is 2.41. The van der Waals surface area contributed by atoms with Crippen LogP contribution < -0.4 is 4.90 Å². The number of hydrogen-bond donors (Lipinski definition) is 0. The Labute approximate surface area is 89.4 Å². The van der Waals surface area contributed by atoms with Crippen LogP contribution in [0.25, 0.3) is 0 Å². The Balaban J connectivity index is 3.25. The SMILES string of the molecule is CCN(c1ccccc1[N+](=O)[O-])C(F)(F)F. The minimum Gasteiger partial charge on any atom is -0.278 e. The fourth-order valence-corrected chi connectivity index (χ4v) is 1.33. The number of nitrogens with zero attached hydrogens (tertiary/aromatic N) is 2. The van der Waals surface area contributed by atoms with Crippen molar-refractivity contribution in [3.63, 3.8) is 0 Å². The molecular formula is C9H9F3N2O2. The van der Waals surface area contributed by atoms with Crippen molar-refractivity contribution in [3.8, 4) is 0 Å². The third-order valence-electron chi connectivity index (χ3n) is 1.99. The van der Waals surface area contributed by atoms with E-state index in [-0.39, 0.29) is 11.4 Å². The molecule has 0 aliphatic carbocycles. The van der Waals surface area contributed by atoms with Crippen LogP contribution >= 0.6 is 0 Å². The Bertz CT molecular complexity index is 393. The summed E-state index contributed by atoms with van der Waals surface area (Å²) in [7, 11) is 0. The van der Waals surface area contributed by atoms with Crippen molar-refractivity contribution in [1.82, 2.24) is 0 Å². The van der Waals surface area contributed by atoms with Gasteiger partial charge in [-0.25, -0.2) is 0 Å². The quantitative estimate of drug-likeness (QED) is 0.459. The molecule has 16 heavy (non-hydrogen) atoms. The normalized spacial score (nSPS) is 11.2. The van der Waals surface area contributed by atoms with Crippen LogP contribution in [0.5, 0.6) is 0 Å². The van der Waals surface area contributed by atoms with Crippen molar-refractivity contribution in [2.75, 3.05) is 11.4 Å². The summed E-state index contributed by atoms with van der Waals surface area (Å²) in [6.45, 7) is 0.901. The van der Waals surface area contributed by atoms with E-state index in [2.05, 4.69) is 0 Å². The second kappa shape index (κ2) is 4.38. The molecule has 0 atom stereocenters. The number of para-hydroxylation sites is 2. The fraction of sp³-hybridized carbons (Fsp3) is 0.333. The van der Waals surface area contributed by atoms with E-state index >= 15 is 0 Å². The average Bonchev–Trinajstić information content (AvgIpc) is 2.17. The van der Waals surface area contributed by atoms with Gasteiger partial charge in [-0.2, -0.15) is 13.2 Å². The Kier molecular flexibility index (Phi) is 3.36. The molecule has 0 N–H and O–H groups in total. The smallest absolute Gasteiger partial charge is 0.278 e. The van der Waals surface area contributed by atoms with Gasteiger partial charge in [0, 0.05) is 12.6 Å². The van der Waals surface area contributed by atoms with E-state index < -0.39 is 22.6 Å². The summed E-state index contributed by atoms with van der Waals surface area (Å²) in [5.41, 5.74) is -0.996. The van der Waals surface area contributed by atoms with Crippen molar-refractivity contribution in [2.45, 2.75) is 13.2 Å². The molecule has 0 aliphatic rings. The molecule has 1 aromatic carbocycles. The highest BCUT2D eigenvalue weighted by Crippen LogP contribution is 2.34. The van der Waals surface area contributed by atoms with Crippen molar-refractivity contribution in [3.05, 3.63) is 34.4 Å². The van der Waals surface area contributed by atoms with E-state index in [4.69, 9.17) is 0 Å². The van der Waals surface area contributed by atoms with Gasteiger partial charge in [0.2, 0.25) is 0 Å². The third-order valence-corrected chi connectivity index (χ3v) is 1.99. The van der Waals surface area contributed by atoms with Crippen molar-refractivity contribution >= 4 is 11.4 Å². The predicted octanol–water partition coefficient (Wildman–Crippen LogP) is 2.94. The molecule has 0 aliphatic heterocycles. The monoisotopic (exact) mass is 234 g/mol. The number of alkyl halides is 3. The number of rotatable bonds is 3. The van der Waals surface area contributed by atoms with E-state index in [0.29, 0.717) is 0 Å². The molecule has 0 spiro atoms. The molecule has 0 saturated heterocycles. The minimum absolute atomic E-state index is 0.0329. The lowest BCUT2D eigenvalue weighted by atomic mass is 10.2. The molecule has 0 aromatic heterocycles.